The highest BCUT2D eigenvalue weighted by molar-refractivity contribution is 6.14. The molecule has 0 spiro atoms. The van der Waals surface area contributed by atoms with Crippen LogP contribution in [0.1, 0.15) is 0 Å². The molecular weight excluding hydrogens is 548 g/mol. The molecule has 3 heteroatoms. The van der Waals surface area contributed by atoms with Gasteiger partial charge in [-0.25, -0.2) is 0 Å². The van der Waals surface area contributed by atoms with Gasteiger partial charge in [-0.2, -0.15) is 0 Å². The Morgan fingerprint density at radius 3 is 1.93 bits per heavy atom. The second-order valence-corrected chi connectivity index (χ2v) is 11.8. The van der Waals surface area contributed by atoms with Gasteiger partial charge < -0.3 is 14.0 Å². The third-order valence-corrected chi connectivity index (χ3v) is 9.34. The minimum absolute atomic E-state index is 0.913. The molecule has 0 radical (unpaired) electrons. The lowest BCUT2D eigenvalue weighted by Gasteiger charge is -2.08. The van der Waals surface area contributed by atoms with Crippen LogP contribution in [0.5, 0.6) is 0 Å². The van der Waals surface area contributed by atoms with E-state index >= 15 is 0 Å². The molecule has 0 atom stereocenters. The molecule has 0 amide bonds. The maximum Gasteiger partial charge on any atom is 0.136 e. The van der Waals surface area contributed by atoms with Gasteiger partial charge in [0.25, 0.3) is 0 Å². The van der Waals surface area contributed by atoms with Crippen molar-refractivity contribution in [3.63, 3.8) is 0 Å². The van der Waals surface area contributed by atoms with E-state index in [-0.39, 0.29) is 0 Å². The second kappa shape index (κ2) is 9.22. The van der Waals surface area contributed by atoms with Crippen LogP contribution in [0, 0.1) is 0 Å². The van der Waals surface area contributed by atoms with Gasteiger partial charge in [0, 0.05) is 49.1 Å². The lowest BCUT2D eigenvalue weighted by molar-refractivity contribution is 0.669. The summed E-state index contributed by atoms with van der Waals surface area (Å²) >= 11 is 0. The van der Waals surface area contributed by atoms with E-state index in [4.69, 9.17) is 4.42 Å². The van der Waals surface area contributed by atoms with Gasteiger partial charge in [-0.1, -0.05) is 97.1 Å². The van der Waals surface area contributed by atoms with Crippen molar-refractivity contribution in [2.45, 2.75) is 0 Å². The topological polar surface area (TPSA) is 33.9 Å². The largest absolute Gasteiger partial charge is 0.456 e. The molecule has 0 aliphatic rings. The first-order chi connectivity index (χ1) is 22.3. The maximum atomic E-state index is 6.20. The third-order valence-electron chi connectivity index (χ3n) is 9.34. The van der Waals surface area contributed by atoms with Gasteiger partial charge in [0.05, 0.1) is 16.6 Å². The van der Waals surface area contributed by atoms with E-state index < -0.39 is 0 Å². The van der Waals surface area contributed by atoms with Crippen LogP contribution in [0.2, 0.25) is 0 Å². The van der Waals surface area contributed by atoms with E-state index in [1.807, 2.05) is 12.1 Å². The quantitative estimate of drug-likeness (QED) is 0.224. The van der Waals surface area contributed by atoms with E-state index in [1.54, 1.807) is 0 Å². The summed E-state index contributed by atoms with van der Waals surface area (Å²) < 4.78 is 8.58. The van der Waals surface area contributed by atoms with Gasteiger partial charge in [0.2, 0.25) is 0 Å². The van der Waals surface area contributed by atoms with Crippen molar-refractivity contribution in [1.29, 1.82) is 0 Å². The minimum atomic E-state index is 0.913. The number of benzene rings is 7. The number of hydrogen-bond acceptors (Lipinski definition) is 1. The van der Waals surface area contributed by atoms with Crippen LogP contribution in [0.3, 0.4) is 0 Å². The van der Waals surface area contributed by atoms with Crippen LogP contribution in [0.4, 0.5) is 0 Å². The molecule has 1 N–H and O–H groups in total. The maximum absolute atomic E-state index is 6.20. The molecule has 0 unspecified atom stereocenters. The molecule has 210 valence electrons. The summed E-state index contributed by atoms with van der Waals surface area (Å²) in [5, 5.41) is 7.28. The number of para-hydroxylation sites is 4. The molecule has 0 saturated heterocycles. The number of hydrogen-bond donors (Lipinski definition) is 1. The SMILES string of the molecule is c1cc(-c2ccc3c(c2)oc2ccccc23)cc(-c2cccc3c2[nH]c2ccc(-n4c5ccccc5c5ccccc54)cc23)c1. The highest BCUT2D eigenvalue weighted by atomic mass is 16.3. The van der Waals surface area contributed by atoms with Gasteiger partial charge in [-0.15, -0.1) is 0 Å². The van der Waals surface area contributed by atoms with Gasteiger partial charge in [-0.3, -0.25) is 0 Å². The molecule has 3 aromatic heterocycles. The van der Waals surface area contributed by atoms with E-state index in [0.29, 0.717) is 0 Å². The molecule has 0 aliphatic carbocycles. The average Bonchev–Trinajstić information content (AvgIpc) is 3.77. The molecule has 3 nitrogen and oxygen atoms in total. The Hall–Kier alpha value is -6.06. The minimum Gasteiger partial charge on any atom is -0.456 e. The number of H-pyrrole nitrogens is 1. The zero-order valence-electron chi connectivity index (χ0n) is 24.3. The number of nitrogens with zero attached hydrogens (tertiary/aromatic N) is 1. The fourth-order valence-corrected chi connectivity index (χ4v) is 7.26. The zero-order chi connectivity index (χ0) is 29.5. The van der Waals surface area contributed by atoms with Gasteiger partial charge in [0.15, 0.2) is 0 Å². The monoisotopic (exact) mass is 574 g/mol. The Labute approximate surface area is 258 Å². The van der Waals surface area contributed by atoms with Crippen LogP contribution in [-0.4, -0.2) is 9.55 Å². The Balaban J connectivity index is 1.11. The predicted octanol–water partition coefficient (Wildman–Crippen LogP) is 11.7. The molecule has 0 bridgehead atoms. The van der Waals surface area contributed by atoms with E-state index in [0.717, 1.165) is 49.8 Å². The van der Waals surface area contributed by atoms with Crippen molar-refractivity contribution >= 4 is 65.6 Å². The molecule has 7 aromatic carbocycles. The Morgan fingerprint density at radius 1 is 0.422 bits per heavy atom. The Bertz CT molecular complexity index is 2720. The smallest absolute Gasteiger partial charge is 0.136 e. The number of nitrogens with one attached hydrogen (secondary N) is 1. The fraction of sp³-hybridized carbons (Fsp3) is 0. The Kier molecular flexibility index (Phi) is 5.00. The molecule has 3 heterocycles. The fourth-order valence-electron chi connectivity index (χ4n) is 7.26. The lowest BCUT2D eigenvalue weighted by Crippen LogP contribution is -1.93. The summed E-state index contributed by atoms with van der Waals surface area (Å²) in [4.78, 5) is 3.77. The predicted molar refractivity (Wildman–Crippen MR) is 188 cm³/mol. The number of rotatable bonds is 3. The number of aromatic nitrogens is 2. The van der Waals surface area contributed by atoms with Crippen molar-refractivity contribution in [2.24, 2.45) is 0 Å². The van der Waals surface area contributed by atoms with Crippen molar-refractivity contribution in [2.75, 3.05) is 0 Å². The normalized spacial score (nSPS) is 12.0. The molecular formula is C42H26N2O. The summed E-state index contributed by atoms with van der Waals surface area (Å²) in [6, 6.07) is 54.3. The van der Waals surface area contributed by atoms with E-state index in [2.05, 4.69) is 149 Å². The summed E-state index contributed by atoms with van der Waals surface area (Å²) in [6.07, 6.45) is 0. The molecule has 0 aliphatic heterocycles. The summed E-state index contributed by atoms with van der Waals surface area (Å²) in [6.45, 7) is 0. The van der Waals surface area contributed by atoms with Gasteiger partial charge in [-0.05, 0) is 71.3 Å². The summed E-state index contributed by atoms with van der Waals surface area (Å²) in [7, 11) is 0. The van der Waals surface area contributed by atoms with Crippen LogP contribution in [0.15, 0.2) is 156 Å². The first-order valence-corrected chi connectivity index (χ1v) is 15.4. The number of fused-ring (bicyclic) bond motifs is 9. The lowest BCUT2D eigenvalue weighted by atomic mass is 9.97. The molecule has 10 aromatic rings. The molecule has 10 rings (SSSR count). The summed E-state index contributed by atoms with van der Waals surface area (Å²) in [5.41, 5.74) is 12.4. The van der Waals surface area contributed by atoms with Crippen molar-refractivity contribution in [1.82, 2.24) is 9.55 Å². The van der Waals surface area contributed by atoms with E-state index in [9.17, 15) is 0 Å². The van der Waals surface area contributed by atoms with Crippen LogP contribution < -0.4 is 0 Å². The number of aromatic amines is 1. The zero-order valence-corrected chi connectivity index (χ0v) is 24.3. The van der Waals surface area contributed by atoms with E-state index in [1.165, 1.54) is 43.7 Å². The number of furan rings is 1. The highest BCUT2D eigenvalue weighted by Crippen LogP contribution is 2.38. The summed E-state index contributed by atoms with van der Waals surface area (Å²) in [5.74, 6) is 0. The second-order valence-electron chi connectivity index (χ2n) is 11.8. The first-order valence-electron chi connectivity index (χ1n) is 15.4. The molecule has 0 saturated carbocycles. The third kappa shape index (κ3) is 3.58. The van der Waals surface area contributed by atoms with Crippen molar-refractivity contribution in [3.8, 4) is 27.9 Å². The average molecular weight is 575 g/mol. The van der Waals surface area contributed by atoms with Crippen LogP contribution in [-0.2, 0) is 0 Å². The van der Waals surface area contributed by atoms with Crippen molar-refractivity contribution < 1.29 is 4.42 Å². The standard InChI is InChI=1S/C42H26N2O/c1-4-16-38-31(11-1)32-12-2-5-17-39(32)44(38)29-20-22-37-36(25-29)35-15-8-14-30(42(35)43-37)28-10-7-9-26(23-28)27-19-21-34-33-13-3-6-18-40(33)45-41(34)24-27/h1-25,43H. The Morgan fingerprint density at radius 2 is 1.09 bits per heavy atom. The first kappa shape index (κ1) is 24.4. The highest BCUT2D eigenvalue weighted by Gasteiger charge is 2.15. The van der Waals surface area contributed by atoms with Gasteiger partial charge >= 0.3 is 0 Å². The van der Waals surface area contributed by atoms with Crippen LogP contribution in [0.25, 0.3) is 93.5 Å². The van der Waals surface area contributed by atoms with Crippen LogP contribution >= 0.6 is 0 Å². The van der Waals surface area contributed by atoms with Crippen molar-refractivity contribution in [3.05, 3.63) is 152 Å². The molecule has 0 fully saturated rings. The molecule has 45 heavy (non-hydrogen) atoms. The van der Waals surface area contributed by atoms with Gasteiger partial charge in [0.1, 0.15) is 11.2 Å².